The van der Waals surface area contributed by atoms with E-state index in [1.165, 1.54) is 13.0 Å². The summed E-state index contributed by atoms with van der Waals surface area (Å²) in [7, 11) is -3.62. The van der Waals surface area contributed by atoms with Crippen molar-refractivity contribution in [2.75, 3.05) is 5.88 Å². The number of hydrazine groups is 1. The Morgan fingerprint density at radius 2 is 1.59 bits per heavy atom. The van der Waals surface area contributed by atoms with Crippen molar-refractivity contribution >= 4 is 27.7 Å². The second kappa shape index (κ2) is 12.8. The average Bonchev–Trinajstić information content (AvgIpc) is 2.62. The predicted octanol–water partition coefficient (Wildman–Crippen LogP) is 1.63. The van der Waals surface area contributed by atoms with Gasteiger partial charge >= 0.3 is 6.09 Å². The van der Waals surface area contributed by atoms with Crippen molar-refractivity contribution in [3.05, 3.63) is 12.7 Å². The maximum atomic E-state index is 12.6. The van der Waals surface area contributed by atoms with Crippen molar-refractivity contribution in [2.45, 2.75) is 84.7 Å². The Kier molecular flexibility index (Phi) is 11.9. The van der Waals surface area contributed by atoms with E-state index in [1.807, 2.05) is 13.8 Å². The minimum atomic E-state index is -3.62. The van der Waals surface area contributed by atoms with Gasteiger partial charge < -0.3 is 15.4 Å². The summed E-state index contributed by atoms with van der Waals surface area (Å²) in [5.74, 6) is -1.81. The predicted molar refractivity (Wildman–Crippen MR) is 124 cm³/mol. The molecule has 0 aromatic heterocycles. The minimum Gasteiger partial charge on any atom is -0.443 e. The Labute approximate surface area is 192 Å². The maximum Gasteiger partial charge on any atom is 0.422 e. The highest BCUT2D eigenvalue weighted by atomic mass is 32.2. The van der Waals surface area contributed by atoms with Crippen LogP contribution in [0.3, 0.4) is 0 Å². The molecule has 0 saturated carbocycles. The number of amides is 3. The number of carbonyl (C=O) groups is 3. The monoisotopic (exact) mass is 476 g/mol. The fourth-order valence-electron chi connectivity index (χ4n) is 2.63. The van der Waals surface area contributed by atoms with Crippen LogP contribution in [0.2, 0.25) is 0 Å². The van der Waals surface area contributed by atoms with Crippen LogP contribution in [0.25, 0.3) is 0 Å². The second-order valence-corrected chi connectivity index (χ2v) is 11.7. The van der Waals surface area contributed by atoms with Crippen LogP contribution in [0.15, 0.2) is 12.7 Å². The Hall–Kier alpha value is -2.14. The van der Waals surface area contributed by atoms with E-state index in [9.17, 15) is 22.8 Å². The normalized spacial score (nSPS) is 14.9. The van der Waals surface area contributed by atoms with Gasteiger partial charge in [-0.2, -0.15) is 0 Å². The van der Waals surface area contributed by atoms with Gasteiger partial charge in [0.1, 0.15) is 23.6 Å². The lowest BCUT2D eigenvalue weighted by Crippen LogP contribution is -2.57. The van der Waals surface area contributed by atoms with Crippen molar-refractivity contribution in [1.29, 1.82) is 0 Å². The van der Waals surface area contributed by atoms with E-state index < -0.39 is 56.6 Å². The van der Waals surface area contributed by atoms with E-state index in [0.717, 1.165) is 0 Å². The summed E-state index contributed by atoms with van der Waals surface area (Å²) in [5.41, 5.74) is 4.23. The number of sulfone groups is 1. The zero-order valence-corrected chi connectivity index (χ0v) is 21.3. The molecule has 0 aliphatic rings. The van der Waals surface area contributed by atoms with Crippen LogP contribution in [0.4, 0.5) is 4.79 Å². The van der Waals surface area contributed by atoms with Gasteiger partial charge in [0.2, 0.25) is 11.8 Å². The number of ether oxygens (including phenoxy) is 1. The average molecular weight is 477 g/mol. The molecule has 0 rings (SSSR count). The van der Waals surface area contributed by atoms with E-state index in [-0.39, 0.29) is 11.8 Å². The number of hydrogen-bond donors (Lipinski definition) is 4. The van der Waals surface area contributed by atoms with Crippen LogP contribution in [0.1, 0.15) is 61.8 Å². The number of carbonyl (C=O) groups excluding carboxylic acids is 3. The van der Waals surface area contributed by atoms with E-state index >= 15 is 0 Å². The quantitative estimate of drug-likeness (QED) is 0.248. The lowest BCUT2D eigenvalue weighted by molar-refractivity contribution is -0.130. The van der Waals surface area contributed by atoms with E-state index in [2.05, 4.69) is 28.1 Å². The first-order valence-corrected chi connectivity index (χ1v) is 12.4. The molecule has 3 unspecified atom stereocenters. The molecule has 0 fully saturated rings. The summed E-state index contributed by atoms with van der Waals surface area (Å²) in [6.07, 6.45) is 1.02. The summed E-state index contributed by atoms with van der Waals surface area (Å²) in [6, 6.07) is -1.84. The van der Waals surface area contributed by atoms with Gasteiger partial charge in [-0.25, -0.2) is 18.6 Å². The molecule has 10 nitrogen and oxygen atoms in total. The molecule has 4 N–H and O–H groups in total. The molecule has 0 radical (unpaired) electrons. The number of hydrogen-bond acceptors (Lipinski definition) is 7. The lowest BCUT2D eigenvalue weighted by atomic mass is 10.0. The Bertz CT molecular complexity index is 759. The molecule has 0 saturated heterocycles. The number of rotatable bonds is 12. The highest BCUT2D eigenvalue weighted by Crippen LogP contribution is 2.14. The van der Waals surface area contributed by atoms with Crippen molar-refractivity contribution < 1.29 is 27.5 Å². The summed E-state index contributed by atoms with van der Waals surface area (Å²) >= 11 is 0. The molecule has 0 heterocycles. The van der Waals surface area contributed by atoms with Gasteiger partial charge in [-0.1, -0.05) is 33.8 Å². The molecule has 186 valence electrons. The maximum absolute atomic E-state index is 12.6. The molecule has 0 spiro atoms. The van der Waals surface area contributed by atoms with Crippen LogP contribution in [0.5, 0.6) is 0 Å². The first-order valence-electron chi connectivity index (χ1n) is 10.7. The van der Waals surface area contributed by atoms with Gasteiger partial charge in [-0.15, -0.1) is 6.58 Å². The second-order valence-electron chi connectivity index (χ2n) is 9.48. The van der Waals surface area contributed by atoms with Crippen molar-refractivity contribution in [2.24, 2.45) is 11.8 Å². The van der Waals surface area contributed by atoms with Crippen LogP contribution >= 0.6 is 0 Å². The first-order chi connectivity index (χ1) is 14.5. The molecule has 0 bridgehead atoms. The molecule has 0 aromatic rings. The number of nitrogens with one attached hydrogen (secondary N) is 4. The van der Waals surface area contributed by atoms with Gasteiger partial charge in [0, 0.05) is 0 Å². The van der Waals surface area contributed by atoms with E-state index in [0.29, 0.717) is 6.42 Å². The van der Waals surface area contributed by atoms with Gasteiger partial charge in [-0.3, -0.25) is 15.0 Å². The molecule has 3 atom stereocenters. The third-order valence-corrected chi connectivity index (χ3v) is 6.16. The topological polar surface area (TPSA) is 143 Å². The zero-order chi connectivity index (χ0) is 25.3. The SMILES string of the molecule is C=CC(CC(C)C)S(=O)(=O)CNC(=O)C(C)NC(=O)C(NNC(=O)OC(C)(C)C)C(C)C. The standard InChI is InChI=1S/C21H40N4O6S/c1-10-16(11-13(2)3)32(29,30)12-22-18(26)15(6)23-19(27)17(14(4)5)24-25-20(28)31-21(7,8)9/h10,13-17,24H,1,11-12H2,2-9H3,(H,22,26)(H,23,27)(H,25,28). The highest BCUT2D eigenvalue weighted by Gasteiger charge is 2.28. The summed E-state index contributed by atoms with van der Waals surface area (Å²) in [5, 5.41) is 4.12. The molecule has 11 heteroatoms. The minimum absolute atomic E-state index is 0.149. The van der Waals surface area contributed by atoms with Crippen molar-refractivity contribution in [3.63, 3.8) is 0 Å². The van der Waals surface area contributed by atoms with Gasteiger partial charge in [0.25, 0.3) is 0 Å². The molecular weight excluding hydrogens is 436 g/mol. The summed E-state index contributed by atoms with van der Waals surface area (Å²) < 4.78 is 30.0. The van der Waals surface area contributed by atoms with Crippen molar-refractivity contribution in [3.8, 4) is 0 Å². The van der Waals surface area contributed by atoms with Gasteiger partial charge in [0.05, 0.1) is 5.25 Å². The fourth-order valence-corrected chi connectivity index (χ4v) is 4.16. The highest BCUT2D eigenvalue weighted by molar-refractivity contribution is 7.92. The van der Waals surface area contributed by atoms with E-state index in [4.69, 9.17) is 4.74 Å². The van der Waals surface area contributed by atoms with Crippen LogP contribution < -0.4 is 21.5 Å². The largest absolute Gasteiger partial charge is 0.443 e. The van der Waals surface area contributed by atoms with E-state index in [1.54, 1.807) is 34.6 Å². The van der Waals surface area contributed by atoms with Gasteiger partial charge in [-0.05, 0) is 46.0 Å². The smallest absolute Gasteiger partial charge is 0.422 e. The molecule has 0 aliphatic carbocycles. The van der Waals surface area contributed by atoms with Crippen LogP contribution in [0, 0.1) is 11.8 Å². The molecule has 3 amide bonds. The van der Waals surface area contributed by atoms with Gasteiger partial charge in [0.15, 0.2) is 9.84 Å². The lowest BCUT2D eigenvalue weighted by Gasteiger charge is -2.25. The fraction of sp³-hybridized carbons (Fsp3) is 0.762. The Morgan fingerprint density at radius 3 is 2.03 bits per heavy atom. The molecule has 0 aliphatic heterocycles. The Balaban J connectivity index is 4.89. The molecule has 32 heavy (non-hydrogen) atoms. The molecule has 0 aromatic carbocycles. The summed E-state index contributed by atoms with van der Waals surface area (Å²) in [4.78, 5) is 36.8. The van der Waals surface area contributed by atoms with Crippen molar-refractivity contribution in [1.82, 2.24) is 21.5 Å². The Morgan fingerprint density at radius 1 is 1.03 bits per heavy atom. The zero-order valence-electron chi connectivity index (χ0n) is 20.4. The third kappa shape index (κ3) is 11.5. The first kappa shape index (κ1) is 29.9. The summed E-state index contributed by atoms with van der Waals surface area (Å²) in [6.45, 7) is 17.5. The van der Waals surface area contributed by atoms with Crippen LogP contribution in [-0.2, 0) is 24.2 Å². The molecular formula is C21H40N4O6S. The third-order valence-electron chi connectivity index (χ3n) is 4.31. The van der Waals surface area contributed by atoms with Crippen LogP contribution in [-0.4, -0.2) is 55.1 Å².